The van der Waals surface area contributed by atoms with Crippen molar-refractivity contribution in [2.45, 2.75) is 6.92 Å². The monoisotopic (exact) mass is 257 g/mol. The summed E-state index contributed by atoms with van der Waals surface area (Å²) in [6.45, 7) is 1.90. The van der Waals surface area contributed by atoms with Crippen LogP contribution in [0.25, 0.3) is 10.2 Å². The fourth-order valence-corrected chi connectivity index (χ4v) is 2.41. The second-order valence-electron chi connectivity index (χ2n) is 3.81. The van der Waals surface area contributed by atoms with Crippen molar-refractivity contribution in [1.29, 1.82) is 0 Å². The van der Waals surface area contributed by atoms with Crippen molar-refractivity contribution >= 4 is 32.9 Å². The lowest BCUT2D eigenvalue weighted by Gasteiger charge is -1.90. The lowest BCUT2D eigenvalue weighted by molar-refractivity contribution is 0.528. The van der Waals surface area contributed by atoms with Crippen LogP contribution in [0, 0.1) is 6.92 Å². The third kappa shape index (κ3) is 2.26. The number of hydrogen-bond donors (Lipinski definition) is 1. The fourth-order valence-electron chi connectivity index (χ4n) is 1.59. The fraction of sp³-hybridized carbons (Fsp3) is 0.0769. The normalized spacial score (nSPS) is 11.4. The van der Waals surface area contributed by atoms with Crippen molar-refractivity contribution < 1.29 is 4.42 Å². The molecule has 18 heavy (non-hydrogen) atoms. The Morgan fingerprint density at radius 1 is 1.28 bits per heavy atom. The number of hydrogen-bond acceptors (Lipinski definition) is 5. The highest BCUT2D eigenvalue weighted by Crippen LogP contribution is 2.25. The van der Waals surface area contributed by atoms with Gasteiger partial charge in [0.15, 0.2) is 0 Å². The number of furan rings is 1. The predicted molar refractivity (Wildman–Crippen MR) is 74.3 cm³/mol. The molecule has 1 N–H and O–H groups in total. The van der Waals surface area contributed by atoms with Crippen molar-refractivity contribution in [3.05, 3.63) is 47.9 Å². The van der Waals surface area contributed by atoms with E-state index in [4.69, 9.17) is 4.42 Å². The SMILES string of the molecule is Cc1ccc(/C=N\Nc2nc3ccccc3s2)o1. The van der Waals surface area contributed by atoms with Gasteiger partial charge in [0.25, 0.3) is 0 Å². The van der Waals surface area contributed by atoms with E-state index in [-0.39, 0.29) is 0 Å². The number of aryl methyl sites for hydroxylation is 1. The molecule has 0 fully saturated rings. The number of nitrogens with one attached hydrogen (secondary N) is 1. The van der Waals surface area contributed by atoms with E-state index < -0.39 is 0 Å². The number of aromatic nitrogens is 1. The first kappa shape index (κ1) is 11.0. The summed E-state index contributed by atoms with van der Waals surface area (Å²) < 4.78 is 6.52. The highest BCUT2D eigenvalue weighted by Gasteiger charge is 2.00. The standard InChI is InChI=1S/C13H11N3OS/c1-9-6-7-10(17-9)8-14-16-13-15-11-4-2-3-5-12(11)18-13/h2-8H,1H3,(H,15,16)/b14-8-. The first-order valence-electron chi connectivity index (χ1n) is 5.52. The van der Waals surface area contributed by atoms with Gasteiger partial charge in [-0.3, -0.25) is 5.43 Å². The maximum atomic E-state index is 5.37. The zero-order valence-corrected chi connectivity index (χ0v) is 10.6. The number of benzene rings is 1. The Hall–Kier alpha value is -2.14. The summed E-state index contributed by atoms with van der Waals surface area (Å²) in [5.41, 5.74) is 3.89. The number of fused-ring (bicyclic) bond motifs is 1. The number of thiazole rings is 1. The summed E-state index contributed by atoms with van der Waals surface area (Å²) in [6, 6.07) is 11.8. The van der Waals surface area contributed by atoms with E-state index >= 15 is 0 Å². The van der Waals surface area contributed by atoms with Gasteiger partial charge < -0.3 is 4.42 Å². The Labute approximate surface area is 108 Å². The van der Waals surface area contributed by atoms with Gasteiger partial charge in [-0.05, 0) is 31.2 Å². The highest BCUT2D eigenvalue weighted by atomic mass is 32.1. The van der Waals surface area contributed by atoms with Gasteiger partial charge in [0.05, 0.1) is 16.4 Å². The van der Waals surface area contributed by atoms with Crippen LogP contribution in [0.5, 0.6) is 0 Å². The first-order valence-corrected chi connectivity index (χ1v) is 6.34. The van der Waals surface area contributed by atoms with Gasteiger partial charge in [0.1, 0.15) is 11.5 Å². The molecule has 5 heteroatoms. The molecule has 0 atom stereocenters. The van der Waals surface area contributed by atoms with E-state index in [0.717, 1.165) is 26.9 Å². The summed E-state index contributed by atoms with van der Waals surface area (Å²) in [6.07, 6.45) is 1.64. The summed E-state index contributed by atoms with van der Waals surface area (Å²) in [5.74, 6) is 1.59. The van der Waals surface area contributed by atoms with Crippen LogP contribution in [-0.4, -0.2) is 11.2 Å². The molecule has 4 nitrogen and oxygen atoms in total. The third-order valence-corrected chi connectivity index (χ3v) is 3.35. The molecule has 0 aliphatic heterocycles. The van der Waals surface area contributed by atoms with Crippen molar-refractivity contribution in [3.8, 4) is 0 Å². The van der Waals surface area contributed by atoms with Crippen LogP contribution < -0.4 is 5.43 Å². The van der Waals surface area contributed by atoms with Crippen molar-refractivity contribution in [2.24, 2.45) is 5.10 Å². The number of nitrogens with zero attached hydrogens (tertiary/aromatic N) is 2. The van der Waals surface area contributed by atoms with Gasteiger partial charge in [-0.25, -0.2) is 4.98 Å². The Morgan fingerprint density at radius 3 is 2.94 bits per heavy atom. The van der Waals surface area contributed by atoms with Gasteiger partial charge in [-0.15, -0.1) is 0 Å². The number of para-hydroxylation sites is 1. The van der Waals surface area contributed by atoms with Crippen molar-refractivity contribution in [2.75, 3.05) is 5.43 Å². The molecule has 0 radical (unpaired) electrons. The molecule has 0 amide bonds. The summed E-state index contributed by atoms with van der Waals surface area (Å²) in [4.78, 5) is 4.41. The lowest BCUT2D eigenvalue weighted by atomic mass is 10.3. The molecule has 0 saturated heterocycles. The Balaban J connectivity index is 1.74. The second kappa shape index (κ2) is 4.62. The van der Waals surface area contributed by atoms with Gasteiger partial charge in [0.2, 0.25) is 5.13 Å². The number of anilines is 1. The molecular weight excluding hydrogens is 246 g/mol. The smallest absolute Gasteiger partial charge is 0.204 e. The molecule has 0 unspecified atom stereocenters. The van der Waals surface area contributed by atoms with Crippen LogP contribution in [0.2, 0.25) is 0 Å². The molecule has 2 heterocycles. The van der Waals surface area contributed by atoms with Crippen LogP contribution in [0.3, 0.4) is 0 Å². The highest BCUT2D eigenvalue weighted by molar-refractivity contribution is 7.22. The first-order chi connectivity index (χ1) is 8.81. The minimum absolute atomic E-state index is 0.723. The minimum atomic E-state index is 0.723. The quantitative estimate of drug-likeness (QED) is 0.575. The van der Waals surface area contributed by atoms with Crippen molar-refractivity contribution in [1.82, 2.24) is 4.98 Å². The maximum Gasteiger partial charge on any atom is 0.204 e. The van der Waals surface area contributed by atoms with E-state index in [1.807, 2.05) is 43.3 Å². The summed E-state index contributed by atoms with van der Waals surface area (Å²) in [7, 11) is 0. The molecule has 90 valence electrons. The van der Waals surface area contributed by atoms with Gasteiger partial charge >= 0.3 is 0 Å². The molecule has 3 rings (SSSR count). The van der Waals surface area contributed by atoms with Crippen LogP contribution in [0.1, 0.15) is 11.5 Å². The van der Waals surface area contributed by atoms with E-state index in [2.05, 4.69) is 15.5 Å². The molecular formula is C13H11N3OS. The molecule has 0 aliphatic rings. The maximum absolute atomic E-state index is 5.37. The summed E-state index contributed by atoms with van der Waals surface area (Å²) >= 11 is 1.57. The topological polar surface area (TPSA) is 50.4 Å². The van der Waals surface area contributed by atoms with E-state index in [9.17, 15) is 0 Å². The van der Waals surface area contributed by atoms with E-state index in [1.165, 1.54) is 0 Å². The molecule has 3 aromatic rings. The number of hydrazone groups is 1. The molecule has 0 spiro atoms. The van der Waals surface area contributed by atoms with Crippen molar-refractivity contribution in [3.63, 3.8) is 0 Å². The molecule has 2 aromatic heterocycles. The molecule has 0 saturated carbocycles. The van der Waals surface area contributed by atoms with E-state index in [1.54, 1.807) is 17.6 Å². The number of rotatable bonds is 3. The Bertz CT molecular complexity index is 666. The van der Waals surface area contributed by atoms with Gasteiger partial charge in [-0.1, -0.05) is 23.5 Å². The average molecular weight is 257 g/mol. The Morgan fingerprint density at radius 2 is 2.17 bits per heavy atom. The Kier molecular flexibility index (Phi) is 2.82. The average Bonchev–Trinajstić information content (AvgIpc) is 2.95. The zero-order chi connectivity index (χ0) is 12.4. The van der Waals surface area contributed by atoms with E-state index in [0.29, 0.717) is 0 Å². The largest absolute Gasteiger partial charge is 0.460 e. The molecule has 1 aromatic carbocycles. The third-order valence-electron chi connectivity index (χ3n) is 2.41. The molecule has 0 aliphatic carbocycles. The van der Waals surface area contributed by atoms with Crippen LogP contribution in [0.15, 0.2) is 45.9 Å². The van der Waals surface area contributed by atoms with Crippen LogP contribution >= 0.6 is 11.3 Å². The van der Waals surface area contributed by atoms with Crippen LogP contribution in [0.4, 0.5) is 5.13 Å². The van der Waals surface area contributed by atoms with Gasteiger partial charge in [-0.2, -0.15) is 5.10 Å². The lowest BCUT2D eigenvalue weighted by Crippen LogP contribution is -1.88. The minimum Gasteiger partial charge on any atom is -0.460 e. The zero-order valence-electron chi connectivity index (χ0n) is 9.75. The van der Waals surface area contributed by atoms with Crippen LogP contribution in [-0.2, 0) is 0 Å². The second-order valence-corrected chi connectivity index (χ2v) is 4.84. The van der Waals surface area contributed by atoms with Gasteiger partial charge in [0, 0.05) is 0 Å². The summed E-state index contributed by atoms with van der Waals surface area (Å²) in [5, 5.41) is 4.87. The predicted octanol–water partition coefficient (Wildman–Crippen LogP) is 3.64. The molecule has 0 bridgehead atoms.